The molecule has 5 nitrogen and oxygen atoms in total. The Morgan fingerprint density at radius 2 is 1.89 bits per heavy atom. The topological polar surface area (TPSA) is 46.8 Å². The van der Waals surface area contributed by atoms with E-state index in [4.69, 9.17) is 9.73 Å². The standard InChI is InChI=1S/C29H31N3O2S/c1-4-22-11-8-9-15-26(22)32-20(2)17-23(21(32)3)18-27-28(33)31(19-25-14-10-16-34-25)29(35-27)30-24-12-6-5-7-13-24/h5-9,11-13,15,17-18,25H,4,10,14,16,19H2,1-3H3/b27-18-,30-29?/t25-/m1/s1. The summed E-state index contributed by atoms with van der Waals surface area (Å²) < 4.78 is 8.13. The molecule has 2 saturated heterocycles. The SMILES string of the molecule is CCc1ccccc1-n1c(C)cc(/C=C2\SC(=Nc3ccccc3)N(C[C@H]3CCCO3)C2=O)c1C. The third-order valence-corrected chi connectivity index (χ3v) is 7.66. The van der Waals surface area contributed by atoms with E-state index in [-0.39, 0.29) is 12.0 Å². The van der Waals surface area contributed by atoms with Gasteiger partial charge in [0.05, 0.1) is 23.2 Å². The van der Waals surface area contributed by atoms with Gasteiger partial charge in [0.1, 0.15) is 0 Å². The van der Waals surface area contributed by atoms with Crippen LogP contribution in [-0.4, -0.2) is 39.8 Å². The molecule has 35 heavy (non-hydrogen) atoms. The molecular weight excluding hydrogens is 454 g/mol. The fourth-order valence-electron chi connectivity index (χ4n) is 4.83. The van der Waals surface area contributed by atoms with Gasteiger partial charge in [-0.3, -0.25) is 9.69 Å². The summed E-state index contributed by atoms with van der Waals surface area (Å²) in [6.45, 7) is 7.73. The van der Waals surface area contributed by atoms with Crippen LogP contribution in [0.2, 0.25) is 0 Å². The zero-order chi connectivity index (χ0) is 24.4. The number of para-hydroxylation sites is 2. The van der Waals surface area contributed by atoms with Crippen LogP contribution < -0.4 is 0 Å². The molecule has 1 aromatic heterocycles. The van der Waals surface area contributed by atoms with Gasteiger partial charge in [0.25, 0.3) is 5.91 Å². The van der Waals surface area contributed by atoms with Crippen LogP contribution in [-0.2, 0) is 16.0 Å². The number of carbonyl (C=O) groups is 1. The average Bonchev–Trinajstić information content (AvgIpc) is 3.56. The van der Waals surface area contributed by atoms with Crippen molar-refractivity contribution >= 4 is 34.6 Å². The fraction of sp³-hybridized carbons (Fsp3) is 0.310. The van der Waals surface area contributed by atoms with Crippen LogP contribution in [0.5, 0.6) is 0 Å². The molecule has 3 heterocycles. The maximum Gasteiger partial charge on any atom is 0.266 e. The van der Waals surface area contributed by atoms with Crippen LogP contribution in [0.15, 0.2) is 70.6 Å². The molecule has 0 unspecified atom stereocenters. The summed E-state index contributed by atoms with van der Waals surface area (Å²) >= 11 is 1.45. The first-order valence-electron chi connectivity index (χ1n) is 12.3. The number of aryl methyl sites for hydroxylation is 2. The van der Waals surface area contributed by atoms with Crippen molar-refractivity contribution in [3.05, 3.63) is 88.1 Å². The number of thioether (sulfide) groups is 1. The third kappa shape index (κ3) is 4.86. The Bertz CT molecular complexity index is 1290. The highest BCUT2D eigenvalue weighted by molar-refractivity contribution is 8.18. The Balaban J connectivity index is 1.51. The number of carbonyl (C=O) groups excluding carboxylic acids is 1. The first kappa shape index (κ1) is 23.6. The summed E-state index contributed by atoms with van der Waals surface area (Å²) in [5.41, 5.74) is 6.69. The van der Waals surface area contributed by atoms with Crippen LogP contribution >= 0.6 is 11.8 Å². The first-order valence-corrected chi connectivity index (χ1v) is 13.1. The fourth-order valence-corrected chi connectivity index (χ4v) is 5.83. The molecule has 2 aliphatic rings. The van der Waals surface area contributed by atoms with E-state index in [1.807, 2.05) is 36.4 Å². The molecular formula is C29H31N3O2S. The Hall–Kier alpha value is -3.09. The van der Waals surface area contributed by atoms with Gasteiger partial charge >= 0.3 is 0 Å². The van der Waals surface area contributed by atoms with Crippen molar-refractivity contribution < 1.29 is 9.53 Å². The van der Waals surface area contributed by atoms with Gasteiger partial charge in [-0.15, -0.1) is 0 Å². The maximum atomic E-state index is 13.6. The number of amides is 1. The van der Waals surface area contributed by atoms with Gasteiger partial charge in [-0.25, -0.2) is 4.99 Å². The molecule has 0 N–H and O–H groups in total. The van der Waals surface area contributed by atoms with E-state index in [1.54, 1.807) is 4.90 Å². The highest BCUT2D eigenvalue weighted by Crippen LogP contribution is 2.36. The van der Waals surface area contributed by atoms with Gasteiger partial charge in [-0.1, -0.05) is 43.3 Å². The molecule has 0 saturated carbocycles. The molecule has 180 valence electrons. The summed E-state index contributed by atoms with van der Waals surface area (Å²) in [4.78, 5) is 20.9. The lowest BCUT2D eigenvalue weighted by atomic mass is 10.1. The molecule has 0 bridgehead atoms. The van der Waals surface area contributed by atoms with E-state index in [9.17, 15) is 4.79 Å². The Morgan fingerprint density at radius 3 is 2.63 bits per heavy atom. The van der Waals surface area contributed by atoms with Crippen LogP contribution in [0.3, 0.4) is 0 Å². The van der Waals surface area contributed by atoms with E-state index in [0.717, 1.165) is 48.5 Å². The molecule has 0 radical (unpaired) electrons. The zero-order valence-corrected chi connectivity index (χ0v) is 21.3. The van der Waals surface area contributed by atoms with Gasteiger partial charge in [0.2, 0.25) is 0 Å². The number of rotatable bonds is 6. The number of hydrogen-bond acceptors (Lipinski definition) is 4. The van der Waals surface area contributed by atoms with E-state index in [2.05, 4.69) is 55.7 Å². The highest BCUT2D eigenvalue weighted by atomic mass is 32.2. The maximum absolute atomic E-state index is 13.6. The number of hydrogen-bond donors (Lipinski definition) is 0. The molecule has 6 heteroatoms. The Kier molecular flexibility index (Phi) is 6.93. The number of amidine groups is 1. The second kappa shape index (κ2) is 10.3. The largest absolute Gasteiger partial charge is 0.376 e. The van der Waals surface area contributed by atoms with Crippen molar-refractivity contribution in [3.63, 3.8) is 0 Å². The minimum atomic E-state index is -0.000979. The van der Waals surface area contributed by atoms with Crippen molar-refractivity contribution in [2.45, 2.75) is 46.1 Å². The van der Waals surface area contributed by atoms with Crippen molar-refractivity contribution in [2.24, 2.45) is 4.99 Å². The highest BCUT2D eigenvalue weighted by Gasteiger charge is 2.36. The average molecular weight is 486 g/mol. The third-order valence-electron chi connectivity index (χ3n) is 6.65. The van der Waals surface area contributed by atoms with Crippen LogP contribution in [0, 0.1) is 13.8 Å². The summed E-state index contributed by atoms with van der Waals surface area (Å²) in [6.07, 6.45) is 5.07. The van der Waals surface area contributed by atoms with Crippen molar-refractivity contribution in [3.8, 4) is 5.69 Å². The Labute approximate surface area is 211 Å². The quantitative estimate of drug-likeness (QED) is 0.378. The molecule has 2 aromatic carbocycles. The van der Waals surface area contributed by atoms with Gasteiger partial charge in [0, 0.05) is 23.7 Å². The predicted octanol–water partition coefficient (Wildman–Crippen LogP) is 6.44. The van der Waals surface area contributed by atoms with E-state index >= 15 is 0 Å². The number of ether oxygens (including phenoxy) is 1. The lowest BCUT2D eigenvalue weighted by Crippen LogP contribution is -2.36. The second-order valence-electron chi connectivity index (χ2n) is 9.04. The minimum Gasteiger partial charge on any atom is -0.376 e. The lowest BCUT2D eigenvalue weighted by Gasteiger charge is -2.19. The van der Waals surface area contributed by atoms with E-state index < -0.39 is 0 Å². The van der Waals surface area contributed by atoms with Gasteiger partial charge in [-0.2, -0.15) is 0 Å². The molecule has 1 atom stereocenters. The molecule has 1 amide bonds. The summed E-state index contributed by atoms with van der Waals surface area (Å²) in [7, 11) is 0. The van der Waals surface area contributed by atoms with Crippen molar-refractivity contribution in [1.29, 1.82) is 0 Å². The predicted molar refractivity (Wildman–Crippen MR) is 144 cm³/mol. The number of nitrogens with zero attached hydrogens (tertiary/aromatic N) is 3. The molecule has 0 spiro atoms. The molecule has 2 aliphatic heterocycles. The molecule has 3 aromatic rings. The second-order valence-corrected chi connectivity index (χ2v) is 10.0. The van der Waals surface area contributed by atoms with E-state index in [0.29, 0.717) is 16.6 Å². The first-order chi connectivity index (χ1) is 17.0. The monoisotopic (exact) mass is 485 g/mol. The van der Waals surface area contributed by atoms with Crippen molar-refractivity contribution in [2.75, 3.05) is 13.2 Å². The van der Waals surface area contributed by atoms with Gasteiger partial charge in [0.15, 0.2) is 5.17 Å². The van der Waals surface area contributed by atoms with Crippen LogP contribution in [0.25, 0.3) is 11.8 Å². The van der Waals surface area contributed by atoms with Gasteiger partial charge < -0.3 is 9.30 Å². The molecule has 5 rings (SSSR count). The van der Waals surface area contributed by atoms with Crippen LogP contribution in [0.4, 0.5) is 5.69 Å². The Morgan fingerprint density at radius 1 is 1.11 bits per heavy atom. The summed E-state index contributed by atoms with van der Waals surface area (Å²) in [6, 6.07) is 20.5. The number of benzene rings is 2. The lowest BCUT2D eigenvalue weighted by molar-refractivity contribution is -0.123. The minimum absolute atomic E-state index is 0.000979. The number of aliphatic imine (C=N–C) groups is 1. The molecule has 2 fully saturated rings. The zero-order valence-electron chi connectivity index (χ0n) is 20.5. The number of aromatic nitrogens is 1. The van der Waals surface area contributed by atoms with Gasteiger partial charge in [-0.05, 0) is 86.3 Å². The van der Waals surface area contributed by atoms with Crippen molar-refractivity contribution in [1.82, 2.24) is 9.47 Å². The van der Waals surface area contributed by atoms with Crippen LogP contribution in [0.1, 0.15) is 42.3 Å². The van der Waals surface area contributed by atoms with E-state index in [1.165, 1.54) is 23.0 Å². The molecule has 0 aliphatic carbocycles. The normalized spacial score (nSPS) is 20.5. The summed E-state index contributed by atoms with van der Waals surface area (Å²) in [5, 5.41) is 0.716. The smallest absolute Gasteiger partial charge is 0.266 e. The summed E-state index contributed by atoms with van der Waals surface area (Å²) in [5.74, 6) is -0.000979.